The molecule has 0 aliphatic carbocycles. The third kappa shape index (κ3) is 3.28. The molecule has 0 atom stereocenters. The SMILES string of the molecule is COc1ccc(C(=O)N2CCNCC2)cc1Cl.Cl. The summed E-state index contributed by atoms with van der Waals surface area (Å²) >= 11 is 6.00. The van der Waals surface area contributed by atoms with E-state index in [1.807, 2.05) is 4.90 Å². The second-order valence-electron chi connectivity index (χ2n) is 3.89. The maximum absolute atomic E-state index is 12.2. The highest BCUT2D eigenvalue weighted by molar-refractivity contribution is 6.32. The fourth-order valence-electron chi connectivity index (χ4n) is 1.85. The minimum atomic E-state index is 0. The Hall–Kier alpha value is -0.970. The van der Waals surface area contributed by atoms with Crippen molar-refractivity contribution < 1.29 is 9.53 Å². The van der Waals surface area contributed by atoms with Crippen molar-refractivity contribution in [3.05, 3.63) is 28.8 Å². The summed E-state index contributed by atoms with van der Waals surface area (Å²) in [4.78, 5) is 14.0. The largest absolute Gasteiger partial charge is 0.495 e. The first kappa shape index (κ1) is 15.1. The normalized spacial score (nSPS) is 14.9. The van der Waals surface area contributed by atoms with Crippen molar-refractivity contribution >= 4 is 29.9 Å². The zero-order chi connectivity index (χ0) is 12.3. The fraction of sp³-hybridized carbons (Fsp3) is 0.417. The lowest BCUT2D eigenvalue weighted by atomic mass is 10.2. The quantitative estimate of drug-likeness (QED) is 0.903. The molecule has 2 rings (SSSR count). The Balaban J connectivity index is 0.00000162. The summed E-state index contributed by atoms with van der Waals surface area (Å²) in [5.41, 5.74) is 0.609. The van der Waals surface area contributed by atoms with E-state index >= 15 is 0 Å². The molecule has 1 aromatic rings. The molecule has 6 heteroatoms. The summed E-state index contributed by atoms with van der Waals surface area (Å²) in [5.74, 6) is 0.611. The van der Waals surface area contributed by atoms with Crippen LogP contribution in [-0.4, -0.2) is 44.1 Å². The summed E-state index contributed by atoms with van der Waals surface area (Å²) in [5, 5.41) is 3.68. The van der Waals surface area contributed by atoms with Gasteiger partial charge in [-0.15, -0.1) is 12.4 Å². The standard InChI is InChI=1S/C12H15ClN2O2.ClH/c1-17-11-3-2-9(8-10(11)13)12(16)15-6-4-14-5-7-15;/h2-3,8,14H,4-7H2,1H3;1H. The maximum atomic E-state index is 12.2. The van der Waals surface area contributed by atoms with Gasteiger partial charge >= 0.3 is 0 Å². The van der Waals surface area contributed by atoms with Crippen LogP contribution in [0.1, 0.15) is 10.4 Å². The molecule has 0 bridgehead atoms. The summed E-state index contributed by atoms with van der Waals surface area (Å²) in [7, 11) is 1.55. The van der Waals surface area contributed by atoms with Gasteiger partial charge in [-0.05, 0) is 18.2 Å². The number of halogens is 2. The van der Waals surface area contributed by atoms with Gasteiger partial charge in [-0.3, -0.25) is 4.79 Å². The van der Waals surface area contributed by atoms with Crippen LogP contribution in [0.3, 0.4) is 0 Å². The first-order chi connectivity index (χ1) is 8.22. The first-order valence-corrected chi connectivity index (χ1v) is 5.93. The summed E-state index contributed by atoms with van der Waals surface area (Å²) in [6.45, 7) is 3.16. The number of carbonyl (C=O) groups excluding carboxylic acids is 1. The molecule has 1 saturated heterocycles. The van der Waals surface area contributed by atoms with Gasteiger partial charge in [0.1, 0.15) is 5.75 Å². The molecular formula is C12H16Cl2N2O2. The Labute approximate surface area is 118 Å². The van der Waals surface area contributed by atoms with E-state index in [-0.39, 0.29) is 18.3 Å². The van der Waals surface area contributed by atoms with Crippen molar-refractivity contribution in [1.82, 2.24) is 10.2 Å². The second-order valence-corrected chi connectivity index (χ2v) is 4.30. The molecule has 1 aromatic carbocycles. The van der Waals surface area contributed by atoms with E-state index < -0.39 is 0 Å². The van der Waals surface area contributed by atoms with Gasteiger partial charge in [0.15, 0.2) is 0 Å². The number of benzene rings is 1. The van der Waals surface area contributed by atoms with Crippen molar-refractivity contribution in [3.8, 4) is 5.75 Å². The van der Waals surface area contributed by atoms with Crippen molar-refractivity contribution in [1.29, 1.82) is 0 Å². The van der Waals surface area contributed by atoms with E-state index in [2.05, 4.69) is 5.32 Å². The second kappa shape index (κ2) is 6.83. The average molecular weight is 291 g/mol. The summed E-state index contributed by atoms with van der Waals surface area (Å²) in [6.07, 6.45) is 0. The minimum absolute atomic E-state index is 0. The number of rotatable bonds is 2. The van der Waals surface area contributed by atoms with Gasteiger partial charge in [-0.2, -0.15) is 0 Å². The molecule has 1 aliphatic rings. The Morgan fingerprint density at radius 3 is 2.61 bits per heavy atom. The number of hydrogen-bond donors (Lipinski definition) is 1. The number of carbonyl (C=O) groups is 1. The maximum Gasteiger partial charge on any atom is 0.253 e. The third-order valence-corrected chi connectivity index (χ3v) is 3.10. The van der Waals surface area contributed by atoms with Crippen LogP contribution in [0, 0.1) is 0 Å². The van der Waals surface area contributed by atoms with Crippen LogP contribution in [0.4, 0.5) is 0 Å². The Kier molecular flexibility index (Phi) is 5.72. The van der Waals surface area contributed by atoms with Gasteiger partial charge < -0.3 is 15.0 Å². The third-order valence-electron chi connectivity index (χ3n) is 2.80. The molecule has 1 amide bonds. The number of amides is 1. The van der Waals surface area contributed by atoms with Crippen LogP contribution in [0.2, 0.25) is 5.02 Å². The lowest BCUT2D eigenvalue weighted by Crippen LogP contribution is -2.46. The van der Waals surface area contributed by atoms with Crippen molar-refractivity contribution in [2.45, 2.75) is 0 Å². The lowest BCUT2D eigenvalue weighted by Gasteiger charge is -2.27. The highest BCUT2D eigenvalue weighted by atomic mass is 35.5. The monoisotopic (exact) mass is 290 g/mol. The first-order valence-electron chi connectivity index (χ1n) is 5.56. The van der Waals surface area contributed by atoms with Gasteiger partial charge in [-0.1, -0.05) is 11.6 Å². The topological polar surface area (TPSA) is 41.6 Å². The Morgan fingerprint density at radius 1 is 1.39 bits per heavy atom. The molecule has 0 unspecified atom stereocenters. The lowest BCUT2D eigenvalue weighted by molar-refractivity contribution is 0.0736. The van der Waals surface area contributed by atoms with E-state index in [9.17, 15) is 4.79 Å². The van der Waals surface area contributed by atoms with E-state index in [1.165, 1.54) is 0 Å². The van der Waals surface area contributed by atoms with Crippen molar-refractivity contribution in [3.63, 3.8) is 0 Å². The van der Waals surface area contributed by atoms with Crippen LogP contribution in [0.15, 0.2) is 18.2 Å². The molecular weight excluding hydrogens is 275 g/mol. The van der Waals surface area contributed by atoms with Crippen LogP contribution in [0.25, 0.3) is 0 Å². The van der Waals surface area contributed by atoms with Crippen molar-refractivity contribution in [2.24, 2.45) is 0 Å². The molecule has 0 saturated carbocycles. The smallest absolute Gasteiger partial charge is 0.253 e. The summed E-state index contributed by atoms with van der Waals surface area (Å²) < 4.78 is 5.06. The summed E-state index contributed by atoms with van der Waals surface area (Å²) in [6, 6.07) is 5.12. The molecule has 1 heterocycles. The zero-order valence-electron chi connectivity index (χ0n) is 10.1. The predicted molar refractivity (Wildman–Crippen MR) is 74.0 cm³/mol. The number of nitrogens with zero attached hydrogens (tertiary/aromatic N) is 1. The molecule has 1 aliphatic heterocycles. The fourth-order valence-corrected chi connectivity index (χ4v) is 2.11. The molecule has 4 nitrogen and oxygen atoms in total. The van der Waals surface area contributed by atoms with Crippen molar-refractivity contribution in [2.75, 3.05) is 33.3 Å². The number of nitrogens with one attached hydrogen (secondary N) is 1. The number of methoxy groups -OCH3 is 1. The van der Waals surface area contributed by atoms with Crippen LogP contribution < -0.4 is 10.1 Å². The zero-order valence-corrected chi connectivity index (χ0v) is 11.7. The van der Waals surface area contributed by atoms with E-state index in [4.69, 9.17) is 16.3 Å². The minimum Gasteiger partial charge on any atom is -0.495 e. The van der Waals surface area contributed by atoms with Crippen LogP contribution >= 0.6 is 24.0 Å². The molecule has 1 fully saturated rings. The number of ether oxygens (including phenoxy) is 1. The molecule has 100 valence electrons. The van der Waals surface area contributed by atoms with E-state index in [0.717, 1.165) is 26.2 Å². The molecule has 0 radical (unpaired) electrons. The van der Waals surface area contributed by atoms with Crippen LogP contribution in [-0.2, 0) is 0 Å². The van der Waals surface area contributed by atoms with Crippen LogP contribution in [0.5, 0.6) is 5.75 Å². The highest BCUT2D eigenvalue weighted by Gasteiger charge is 2.18. The highest BCUT2D eigenvalue weighted by Crippen LogP contribution is 2.25. The molecule has 18 heavy (non-hydrogen) atoms. The van der Waals surface area contributed by atoms with Gasteiger partial charge in [0.2, 0.25) is 0 Å². The van der Waals surface area contributed by atoms with E-state index in [1.54, 1.807) is 25.3 Å². The molecule has 1 N–H and O–H groups in total. The van der Waals surface area contributed by atoms with E-state index in [0.29, 0.717) is 16.3 Å². The van der Waals surface area contributed by atoms with Gasteiger partial charge in [0.05, 0.1) is 12.1 Å². The average Bonchev–Trinajstić information content (AvgIpc) is 2.39. The number of hydrogen-bond acceptors (Lipinski definition) is 3. The predicted octanol–water partition coefficient (Wildman–Crippen LogP) is 1.82. The number of piperazine rings is 1. The molecule has 0 aromatic heterocycles. The molecule has 0 spiro atoms. The van der Waals surface area contributed by atoms with Gasteiger partial charge in [0, 0.05) is 31.7 Å². The Morgan fingerprint density at radius 2 is 2.06 bits per heavy atom. The van der Waals surface area contributed by atoms with Gasteiger partial charge in [0.25, 0.3) is 5.91 Å². The Bertz CT molecular complexity index is 421. The van der Waals surface area contributed by atoms with Gasteiger partial charge in [-0.25, -0.2) is 0 Å².